The van der Waals surface area contributed by atoms with Gasteiger partial charge in [-0.2, -0.15) is 28.1 Å². The van der Waals surface area contributed by atoms with E-state index >= 15 is 0 Å². The van der Waals surface area contributed by atoms with E-state index in [4.69, 9.17) is 4.74 Å². The number of hydrogen-bond acceptors (Lipinski definition) is 6. The molecule has 0 atom stereocenters. The van der Waals surface area contributed by atoms with Gasteiger partial charge in [-0.1, -0.05) is 0 Å². The molecule has 1 N–H and O–H groups in total. The molecule has 0 amide bonds. The van der Waals surface area contributed by atoms with Crippen molar-refractivity contribution >= 4 is 11.9 Å². The van der Waals surface area contributed by atoms with Gasteiger partial charge in [0.05, 0.1) is 12.5 Å². The Balaban J connectivity index is 2.10. The Morgan fingerprint density at radius 3 is 2.43 bits per heavy atom. The van der Waals surface area contributed by atoms with Gasteiger partial charge in [0.1, 0.15) is 0 Å². The summed E-state index contributed by atoms with van der Waals surface area (Å²) in [4.78, 5) is 14.1. The molecule has 0 aliphatic carbocycles. The van der Waals surface area contributed by atoms with Crippen LogP contribution in [-0.4, -0.2) is 47.9 Å². The van der Waals surface area contributed by atoms with Gasteiger partial charge in [0, 0.05) is 20.1 Å². The lowest BCUT2D eigenvalue weighted by atomic mass is 9.96. The summed E-state index contributed by atoms with van der Waals surface area (Å²) >= 11 is 0. The van der Waals surface area contributed by atoms with Crippen molar-refractivity contribution in [1.82, 2.24) is 15.0 Å². The fourth-order valence-corrected chi connectivity index (χ4v) is 2.20. The first-order chi connectivity index (χ1) is 9.94. The Bertz CT molecular complexity index is 474. The van der Waals surface area contributed by atoms with Crippen LogP contribution in [0.2, 0.25) is 0 Å². The first-order valence-corrected chi connectivity index (χ1v) is 6.82. The molecule has 1 saturated heterocycles. The molecule has 2 heterocycles. The van der Waals surface area contributed by atoms with Crippen molar-refractivity contribution in [3.63, 3.8) is 0 Å². The van der Waals surface area contributed by atoms with Gasteiger partial charge in [0.2, 0.25) is 11.9 Å². The summed E-state index contributed by atoms with van der Waals surface area (Å²) in [6, 6.07) is 0.171. The van der Waals surface area contributed by atoms with Crippen molar-refractivity contribution in [1.29, 1.82) is 0 Å². The van der Waals surface area contributed by atoms with Crippen molar-refractivity contribution in [3.05, 3.63) is 0 Å². The average Bonchev–Trinajstić information content (AvgIpc) is 2.46. The summed E-state index contributed by atoms with van der Waals surface area (Å²) in [5, 5.41) is 2.79. The average molecular weight is 305 g/mol. The van der Waals surface area contributed by atoms with Gasteiger partial charge in [-0.25, -0.2) is 0 Å². The standard InChI is InChI=1S/C12H18F3N5O/c1-3-21-11-18-9(16-2)17-10(19-11)20-6-4-8(5-7-20)12(13,14)15/h8H,3-7H2,1-2H3,(H,16,17,18,19). The number of halogens is 3. The Morgan fingerprint density at radius 1 is 1.24 bits per heavy atom. The second-order valence-electron chi connectivity index (χ2n) is 4.73. The van der Waals surface area contributed by atoms with Gasteiger partial charge in [-0.15, -0.1) is 0 Å². The molecule has 1 fully saturated rings. The van der Waals surface area contributed by atoms with E-state index in [9.17, 15) is 13.2 Å². The largest absolute Gasteiger partial charge is 0.464 e. The topological polar surface area (TPSA) is 63.2 Å². The predicted octanol–water partition coefficient (Wildman–Crippen LogP) is 2.09. The molecule has 1 aliphatic heterocycles. The van der Waals surface area contributed by atoms with Crippen LogP contribution in [0.1, 0.15) is 19.8 Å². The van der Waals surface area contributed by atoms with Crippen LogP contribution < -0.4 is 15.0 Å². The lowest BCUT2D eigenvalue weighted by Gasteiger charge is -2.32. The van der Waals surface area contributed by atoms with Crippen molar-refractivity contribution < 1.29 is 17.9 Å². The Labute approximate surface area is 120 Å². The maximum atomic E-state index is 12.7. The van der Waals surface area contributed by atoms with E-state index in [0.717, 1.165) is 0 Å². The molecule has 0 bridgehead atoms. The van der Waals surface area contributed by atoms with Crippen LogP contribution in [0.5, 0.6) is 6.01 Å². The third-order valence-electron chi connectivity index (χ3n) is 3.34. The molecule has 1 aromatic heterocycles. The Kier molecular flexibility index (Phi) is 4.69. The highest BCUT2D eigenvalue weighted by atomic mass is 19.4. The van der Waals surface area contributed by atoms with Crippen LogP contribution in [-0.2, 0) is 0 Å². The number of hydrogen-bond donors (Lipinski definition) is 1. The molecule has 2 rings (SSSR count). The van der Waals surface area contributed by atoms with E-state index in [1.54, 1.807) is 18.9 Å². The number of piperidine rings is 1. The predicted molar refractivity (Wildman–Crippen MR) is 71.5 cm³/mol. The lowest BCUT2D eigenvalue weighted by Crippen LogP contribution is -2.39. The highest BCUT2D eigenvalue weighted by Gasteiger charge is 2.41. The summed E-state index contributed by atoms with van der Waals surface area (Å²) in [6.07, 6.45) is -4.03. The molecular weight excluding hydrogens is 287 g/mol. The number of rotatable bonds is 4. The van der Waals surface area contributed by atoms with Gasteiger partial charge in [0.25, 0.3) is 0 Å². The molecule has 1 aromatic rings. The molecule has 0 radical (unpaired) electrons. The number of alkyl halides is 3. The number of nitrogens with one attached hydrogen (secondary N) is 1. The van der Waals surface area contributed by atoms with Crippen LogP contribution in [0, 0.1) is 5.92 Å². The van der Waals surface area contributed by atoms with Gasteiger partial charge < -0.3 is 15.0 Å². The first kappa shape index (κ1) is 15.6. The Hall–Kier alpha value is -1.80. The quantitative estimate of drug-likeness (QED) is 0.919. The minimum atomic E-state index is -4.13. The van der Waals surface area contributed by atoms with Crippen LogP contribution in [0.4, 0.5) is 25.1 Å². The Morgan fingerprint density at radius 2 is 1.90 bits per heavy atom. The molecule has 0 aromatic carbocycles. The van der Waals surface area contributed by atoms with E-state index in [2.05, 4.69) is 20.3 Å². The SMILES string of the molecule is CCOc1nc(NC)nc(N2CCC(C(F)(F)F)CC2)n1. The maximum absolute atomic E-state index is 12.7. The van der Waals surface area contributed by atoms with Crippen LogP contribution in [0.3, 0.4) is 0 Å². The minimum absolute atomic E-state index is 0.0496. The van der Waals surface area contributed by atoms with E-state index in [0.29, 0.717) is 18.5 Å². The summed E-state index contributed by atoms with van der Waals surface area (Å²) in [5.74, 6) is -0.564. The van der Waals surface area contributed by atoms with Gasteiger partial charge in [-0.3, -0.25) is 0 Å². The monoisotopic (exact) mass is 305 g/mol. The summed E-state index contributed by atoms with van der Waals surface area (Å²) in [6.45, 7) is 2.74. The normalized spacial score (nSPS) is 16.9. The van der Waals surface area contributed by atoms with Crippen molar-refractivity contribution in [2.45, 2.75) is 25.9 Å². The molecule has 1 aliphatic rings. The zero-order valence-corrected chi connectivity index (χ0v) is 11.9. The second-order valence-corrected chi connectivity index (χ2v) is 4.73. The fraction of sp³-hybridized carbons (Fsp3) is 0.750. The number of ether oxygens (including phenoxy) is 1. The molecule has 0 saturated carbocycles. The number of anilines is 2. The summed E-state index contributed by atoms with van der Waals surface area (Å²) < 4.78 is 43.2. The third-order valence-corrected chi connectivity index (χ3v) is 3.34. The van der Waals surface area contributed by atoms with E-state index < -0.39 is 12.1 Å². The van der Waals surface area contributed by atoms with Gasteiger partial charge in [0.15, 0.2) is 0 Å². The minimum Gasteiger partial charge on any atom is -0.464 e. The number of aromatic nitrogens is 3. The first-order valence-electron chi connectivity index (χ1n) is 6.82. The van der Waals surface area contributed by atoms with Crippen LogP contribution in [0.25, 0.3) is 0 Å². The highest BCUT2D eigenvalue weighted by molar-refractivity contribution is 5.38. The smallest absolute Gasteiger partial charge is 0.391 e. The zero-order valence-electron chi connectivity index (χ0n) is 11.9. The van der Waals surface area contributed by atoms with E-state index in [1.807, 2.05) is 0 Å². The van der Waals surface area contributed by atoms with Crippen molar-refractivity contribution in [2.24, 2.45) is 5.92 Å². The molecule has 9 heteroatoms. The van der Waals surface area contributed by atoms with Crippen LogP contribution >= 0.6 is 0 Å². The molecule has 21 heavy (non-hydrogen) atoms. The zero-order chi connectivity index (χ0) is 15.5. The maximum Gasteiger partial charge on any atom is 0.391 e. The van der Waals surface area contributed by atoms with E-state index in [-0.39, 0.29) is 31.9 Å². The molecular formula is C12H18F3N5O. The molecule has 6 nitrogen and oxygen atoms in total. The second kappa shape index (κ2) is 6.31. The third kappa shape index (κ3) is 3.85. The molecule has 118 valence electrons. The van der Waals surface area contributed by atoms with Gasteiger partial charge in [-0.05, 0) is 19.8 Å². The number of nitrogens with zero attached hydrogens (tertiary/aromatic N) is 4. The molecule has 0 unspecified atom stereocenters. The van der Waals surface area contributed by atoms with E-state index in [1.165, 1.54) is 0 Å². The van der Waals surface area contributed by atoms with Gasteiger partial charge >= 0.3 is 12.2 Å². The summed E-state index contributed by atoms with van der Waals surface area (Å²) in [5.41, 5.74) is 0. The lowest BCUT2D eigenvalue weighted by molar-refractivity contribution is -0.179. The van der Waals surface area contributed by atoms with Crippen molar-refractivity contribution in [2.75, 3.05) is 37.0 Å². The van der Waals surface area contributed by atoms with Crippen molar-refractivity contribution in [3.8, 4) is 6.01 Å². The summed E-state index contributed by atoms with van der Waals surface area (Å²) in [7, 11) is 1.66. The highest BCUT2D eigenvalue weighted by Crippen LogP contribution is 2.34. The fourth-order valence-electron chi connectivity index (χ4n) is 2.20. The molecule has 0 spiro atoms. The van der Waals surface area contributed by atoms with Crippen LogP contribution in [0.15, 0.2) is 0 Å².